The number of benzene rings is 8. The number of methoxy groups -OCH3 is 4. The average Bonchev–Trinajstić information content (AvgIpc) is 1.15. The second kappa shape index (κ2) is 46.5. The van der Waals surface area contributed by atoms with Crippen molar-refractivity contribution >= 4 is 194 Å². The highest BCUT2D eigenvalue weighted by molar-refractivity contribution is 9.10. The molecule has 0 aliphatic heterocycles. The quantitative estimate of drug-likeness (QED) is 0.0134. The fourth-order valence-corrected chi connectivity index (χ4v) is 20.4. The summed E-state index contributed by atoms with van der Waals surface area (Å²) in [5.41, 5.74) is -5.46. The fourth-order valence-electron chi connectivity index (χ4n) is 14.0. The van der Waals surface area contributed by atoms with E-state index in [9.17, 15) is 120 Å². The van der Waals surface area contributed by atoms with Gasteiger partial charge in [-0.15, -0.1) is 12.4 Å². The van der Waals surface area contributed by atoms with Crippen LogP contribution in [-0.4, -0.2) is 139 Å². The first-order chi connectivity index (χ1) is 68.3. The van der Waals surface area contributed by atoms with Gasteiger partial charge < -0.3 is 41.7 Å². The molecule has 0 amide bonds. The van der Waals surface area contributed by atoms with Crippen LogP contribution in [0.15, 0.2) is 256 Å². The van der Waals surface area contributed by atoms with E-state index in [0.717, 1.165) is 90.7 Å². The largest absolute Gasteiger partial charge is 0.493 e. The number of aryl methyl sites for hydroxylation is 4. The number of halogens is 18. The highest BCUT2D eigenvalue weighted by atomic mass is 79.9. The number of sulfonamides is 4. The lowest BCUT2D eigenvalue weighted by Gasteiger charge is -2.27. The molecule has 16 aromatic rings. The van der Waals surface area contributed by atoms with Crippen LogP contribution in [0.25, 0.3) is 44.4 Å². The van der Waals surface area contributed by atoms with Crippen molar-refractivity contribution in [1.29, 1.82) is 0 Å². The van der Waals surface area contributed by atoms with Crippen molar-refractivity contribution in [3.8, 4) is 5.75 Å². The van der Waals surface area contributed by atoms with Gasteiger partial charge in [0.2, 0.25) is 11.6 Å². The minimum Gasteiger partial charge on any atom is -0.493 e. The summed E-state index contributed by atoms with van der Waals surface area (Å²) in [6.45, 7) is 3.07. The van der Waals surface area contributed by atoms with E-state index in [4.69, 9.17) is 83.0 Å². The summed E-state index contributed by atoms with van der Waals surface area (Å²) in [4.78, 5) is 95.5. The number of alkyl halides is 12. The van der Waals surface area contributed by atoms with Crippen LogP contribution in [0.1, 0.15) is 101 Å². The number of fused-ring (bicyclic) bond motifs is 4. The summed E-state index contributed by atoms with van der Waals surface area (Å²) in [6, 6.07) is 33.5. The SMILES string of the molecule is C.COCN(c1cc(Cl)cnc1Br)S(=O)(=O)c1ccc(C)c(C(F)(F)F)c1.COCN(c1cc(Cl)cnc1C(=O)c1cccc2[nH]c(=O)oc12)S(=O)(=O)c1ccc(C)c(C(F)(F)F)c1.COCN(c1cc(Cl)cnc1C(O)c1cccc2[nH]c(=O)oc12)S(=O)(=O)c1ccc(C)c(C(F)(F)F)c1.COc1cccc2[nH]c(=O)oc12.Cc1ccc(S(=O)(=O)Nc2cc(Cl)cnc2C(=O)c2cccc3[nH]c(=O)oc23)cc1C(F)(F)F.Cl. The first kappa shape index (κ1) is 116. The van der Waals surface area contributed by atoms with Crippen LogP contribution in [-0.2, 0) is 79.0 Å². The smallest absolute Gasteiger partial charge is 0.417 e. The molecule has 0 saturated heterocycles. The first-order valence-corrected chi connectivity index (χ1v) is 48.8. The Morgan fingerprint density at radius 3 is 1.15 bits per heavy atom. The number of anilines is 4. The van der Waals surface area contributed by atoms with Gasteiger partial charge in [-0.2, -0.15) is 52.7 Å². The molecule has 57 heteroatoms. The number of ketones is 2. The number of oxazole rings is 4. The van der Waals surface area contributed by atoms with Crippen LogP contribution in [0.2, 0.25) is 20.1 Å². The molecule has 0 saturated carbocycles. The number of carbonyl (C=O) groups excluding carboxylic acids is 2. The molecular formula is C91H74BrCl5F12N12O23S4. The molecule has 0 aliphatic carbocycles. The molecule has 0 aliphatic rings. The Morgan fingerprint density at radius 1 is 0.419 bits per heavy atom. The zero-order valence-corrected chi connectivity index (χ0v) is 84.4. The zero-order chi connectivity index (χ0) is 107. The summed E-state index contributed by atoms with van der Waals surface area (Å²) in [6.07, 6.45) is -16.0. The Balaban J connectivity index is 0.000000194. The summed E-state index contributed by atoms with van der Waals surface area (Å²) in [7, 11) is -13.3. The number of hydrogen-bond donors (Lipinski definition) is 6. The molecule has 0 radical (unpaired) electrons. The Morgan fingerprint density at radius 2 is 0.736 bits per heavy atom. The van der Waals surface area contributed by atoms with Gasteiger partial charge in [-0.25, -0.2) is 80.7 Å². The monoisotopic (exact) mass is 2310 g/mol. The van der Waals surface area contributed by atoms with Crippen molar-refractivity contribution in [3.05, 3.63) is 340 Å². The van der Waals surface area contributed by atoms with Gasteiger partial charge in [-0.3, -0.25) is 39.2 Å². The van der Waals surface area contributed by atoms with Crippen molar-refractivity contribution in [2.24, 2.45) is 0 Å². The number of pyridine rings is 4. The van der Waals surface area contributed by atoms with Gasteiger partial charge in [0, 0.05) is 51.7 Å². The minimum atomic E-state index is -4.81. The van der Waals surface area contributed by atoms with E-state index >= 15 is 0 Å². The number of nitrogens with one attached hydrogen (secondary N) is 5. The normalized spacial score (nSPS) is 12.1. The molecule has 8 aromatic carbocycles. The molecule has 8 heterocycles. The predicted octanol–water partition coefficient (Wildman–Crippen LogP) is 20.2. The highest BCUT2D eigenvalue weighted by Gasteiger charge is 2.42. The van der Waals surface area contributed by atoms with Gasteiger partial charge in [0.25, 0.3) is 40.1 Å². The van der Waals surface area contributed by atoms with Crippen molar-refractivity contribution in [2.45, 2.75) is 85.5 Å². The maximum absolute atomic E-state index is 13.6. The van der Waals surface area contributed by atoms with Gasteiger partial charge in [0.1, 0.15) is 42.3 Å². The van der Waals surface area contributed by atoms with E-state index in [-0.39, 0.29) is 145 Å². The maximum atomic E-state index is 13.6. The fraction of sp³-hybridized carbons (Fsp3) is 0.187. The third kappa shape index (κ3) is 26.1. The van der Waals surface area contributed by atoms with Crippen LogP contribution in [0, 0.1) is 27.7 Å². The first-order valence-electron chi connectivity index (χ1n) is 40.7. The Bertz CT molecular complexity index is 8490. The van der Waals surface area contributed by atoms with Crippen molar-refractivity contribution in [2.75, 3.05) is 66.3 Å². The number of ether oxygens (including phenoxy) is 4. The number of aliphatic hydroxyl groups excluding tert-OH is 1. The lowest BCUT2D eigenvalue weighted by atomic mass is 10.0. The van der Waals surface area contributed by atoms with E-state index in [1.165, 1.54) is 122 Å². The van der Waals surface area contributed by atoms with Crippen molar-refractivity contribution in [1.82, 2.24) is 39.9 Å². The molecular weight excluding hydrogens is 2240 g/mol. The Labute approximate surface area is 862 Å². The third-order valence-corrected chi connectivity index (χ3v) is 28.7. The molecule has 786 valence electrons. The number of aromatic nitrogens is 8. The van der Waals surface area contributed by atoms with Crippen LogP contribution in [0.5, 0.6) is 5.75 Å². The molecule has 0 fully saturated rings. The Kier molecular flexibility index (Phi) is 36.6. The van der Waals surface area contributed by atoms with Gasteiger partial charge in [-0.05, 0) is 181 Å². The summed E-state index contributed by atoms with van der Waals surface area (Å²) < 4.78 is 311. The van der Waals surface area contributed by atoms with Crippen molar-refractivity contribution < 1.29 is 138 Å². The standard InChI is InChI=1S/C23H19ClF3N3O6S.C23H17ClF3N3O6S.C21H13ClF3N3O5S.C15H13BrClF3N2O3S.C8H7NO3.CH4.ClH/c2*1-12-6-7-14(9-16(12)23(25,26)27)37(33,34)30(11-35-2)18-8-13(24)10-28-19(18)20(31)15-4-3-5-17-21(15)36-22(32)29-17;1-10-5-6-12(8-14(10)21(23,24)25)34(31,32)28-16-7-11(22)9-26-17(16)18(29)13-3-2-4-15-19(13)33-20(30)27-15;1-9-3-4-11(6-12(9)15(18,19)20)26(23,24)22(8-25-2)13-5-10(17)7-21-14(13)16;1-11-6-4-2-3-5-7(6)12-8(10)9-5;;/h3-10,20,31H,11H2,1-2H3,(H,29,32);3-10H,11H2,1-2H3,(H,29,32);2-9,28H,1H3,(H,27,30);3-7H,8H2,1-2H3;2-4H,1H3,(H,9,10);1H4;1H. The number of aromatic amines is 4. The van der Waals surface area contributed by atoms with Gasteiger partial charge >= 0.3 is 47.7 Å². The second-order valence-corrected chi connectivity index (χ2v) is 40.2. The van der Waals surface area contributed by atoms with E-state index in [1.807, 2.05) is 0 Å². The maximum Gasteiger partial charge on any atom is 0.417 e. The Hall–Kier alpha value is -13.5. The van der Waals surface area contributed by atoms with Crippen LogP contribution in [0.4, 0.5) is 75.4 Å². The van der Waals surface area contributed by atoms with Crippen LogP contribution in [0.3, 0.4) is 0 Å². The number of nitrogens with zero attached hydrogens (tertiary/aromatic N) is 7. The number of carbonyl (C=O) groups is 2. The number of rotatable bonds is 25. The number of H-pyrrole nitrogens is 4. The van der Waals surface area contributed by atoms with E-state index in [2.05, 4.69) is 60.5 Å². The topological polar surface area (TPSA) is 485 Å². The summed E-state index contributed by atoms with van der Waals surface area (Å²) >= 11 is 27.1. The number of aliphatic hydroxyl groups is 1. The van der Waals surface area contributed by atoms with E-state index < -0.39 is 179 Å². The van der Waals surface area contributed by atoms with Gasteiger partial charge in [-0.1, -0.05) is 108 Å². The van der Waals surface area contributed by atoms with Crippen LogP contribution >= 0.6 is 74.7 Å². The van der Waals surface area contributed by atoms with Crippen LogP contribution < -0.4 is 45.4 Å². The molecule has 148 heavy (non-hydrogen) atoms. The molecule has 0 spiro atoms. The number of hydrogen-bond acceptors (Lipinski definition) is 27. The molecule has 6 N–H and O–H groups in total. The molecule has 16 rings (SSSR count). The lowest BCUT2D eigenvalue weighted by molar-refractivity contribution is -0.139. The third-order valence-electron chi connectivity index (χ3n) is 20.7. The predicted molar refractivity (Wildman–Crippen MR) is 524 cm³/mol. The second-order valence-electron chi connectivity index (χ2n) is 30.5. The molecule has 0 bridgehead atoms. The average molecular weight is 2320 g/mol. The molecule has 1 atom stereocenters. The van der Waals surface area contributed by atoms with Gasteiger partial charge in [0.05, 0.1) is 131 Å². The number of para-hydroxylation sites is 4. The van der Waals surface area contributed by atoms with E-state index in [1.54, 1.807) is 18.2 Å². The minimum absolute atomic E-state index is 0. The summed E-state index contributed by atoms with van der Waals surface area (Å²) in [5.74, 6) is -3.95. The zero-order valence-electron chi connectivity index (χ0n) is 75.7. The lowest BCUT2D eigenvalue weighted by Crippen LogP contribution is -2.34. The molecule has 1 unspecified atom stereocenters. The van der Waals surface area contributed by atoms with E-state index in [0.29, 0.717) is 49.7 Å². The highest BCUT2D eigenvalue weighted by Crippen LogP contribution is 2.44. The molecule has 8 aromatic heterocycles. The van der Waals surface area contributed by atoms with Crippen molar-refractivity contribution in [3.63, 3.8) is 0 Å². The summed E-state index contributed by atoms with van der Waals surface area (Å²) in [5, 5.41) is 11.2. The molecule has 35 nitrogen and oxygen atoms in total. The van der Waals surface area contributed by atoms with Gasteiger partial charge in [0.15, 0.2) is 28.1 Å².